The first-order valence-electron chi connectivity index (χ1n) is 17.4. The van der Waals surface area contributed by atoms with Gasteiger partial charge in [0.25, 0.3) is 0 Å². The lowest BCUT2D eigenvalue weighted by Crippen LogP contribution is -2.60. The van der Waals surface area contributed by atoms with Crippen LogP contribution in [0.25, 0.3) is 0 Å². The maximum absolute atomic E-state index is 12.7. The maximum atomic E-state index is 12.7. The fourth-order valence-corrected chi connectivity index (χ4v) is 5.45. The van der Waals surface area contributed by atoms with Gasteiger partial charge in [0, 0.05) is 6.42 Å². The summed E-state index contributed by atoms with van der Waals surface area (Å²) in [5.74, 6) is -0.186. The van der Waals surface area contributed by atoms with Gasteiger partial charge in [0.1, 0.15) is 24.4 Å². The van der Waals surface area contributed by atoms with Crippen molar-refractivity contribution < 1.29 is 39.8 Å². The Hall–Kier alpha value is -1.07. The number of hydrogen-bond acceptors (Lipinski definition) is 8. The summed E-state index contributed by atoms with van der Waals surface area (Å²) in [6, 6.07) is -0.794. The molecule has 6 N–H and O–H groups in total. The molecule has 254 valence electrons. The molecule has 0 radical (unpaired) electrons. The van der Waals surface area contributed by atoms with Gasteiger partial charge in [-0.05, 0) is 19.3 Å². The molecule has 2 unspecified atom stereocenters. The second-order valence-corrected chi connectivity index (χ2v) is 12.3. The molecule has 0 aromatic heterocycles. The number of ether oxygens (including phenoxy) is 2. The summed E-state index contributed by atoms with van der Waals surface area (Å²) in [4.78, 5) is 12.7. The molecular weight excluding hydrogens is 550 g/mol. The number of carbonyl (C=O) groups excluding carboxylic acids is 1. The highest BCUT2D eigenvalue weighted by Gasteiger charge is 2.44. The number of nitrogens with one attached hydrogen (secondary N) is 1. The Kier molecular flexibility index (Phi) is 24.3. The second kappa shape index (κ2) is 26.2. The van der Waals surface area contributed by atoms with Crippen LogP contribution in [0.2, 0.25) is 0 Å². The van der Waals surface area contributed by atoms with Gasteiger partial charge in [0.05, 0.1) is 25.4 Å². The van der Waals surface area contributed by atoms with Gasteiger partial charge < -0.3 is 40.3 Å². The van der Waals surface area contributed by atoms with E-state index in [1.54, 1.807) is 6.08 Å². The highest BCUT2D eigenvalue weighted by atomic mass is 16.7. The molecule has 1 aliphatic rings. The van der Waals surface area contributed by atoms with Gasteiger partial charge in [-0.3, -0.25) is 4.79 Å². The first-order valence-corrected chi connectivity index (χ1v) is 17.4. The molecule has 43 heavy (non-hydrogen) atoms. The zero-order valence-corrected chi connectivity index (χ0v) is 27.2. The summed E-state index contributed by atoms with van der Waals surface area (Å²) >= 11 is 0. The quantitative estimate of drug-likeness (QED) is 0.0556. The highest BCUT2D eigenvalue weighted by Crippen LogP contribution is 2.22. The molecule has 1 saturated heterocycles. The van der Waals surface area contributed by atoms with Gasteiger partial charge in [0.15, 0.2) is 6.29 Å². The van der Waals surface area contributed by atoms with Crippen LogP contribution in [0.3, 0.4) is 0 Å². The number of unbranched alkanes of at least 4 members (excludes halogenated alkanes) is 17. The Morgan fingerprint density at radius 3 is 1.81 bits per heavy atom. The average molecular weight is 616 g/mol. The maximum Gasteiger partial charge on any atom is 0.220 e. The third kappa shape index (κ3) is 18.5. The molecule has 1 amide bonds. The van der Waals surface area contributed by atoms with E-state index in [1.807, 2.05) is 6.08 Å². The van der Waals surface area contributed by atoms with Crippen molar-refractivity contribution in [3.05, 3.63) is 12.2 Å². The van der Waals surface area contributed by atoms with Crippen LogP contribution < -0.4 is 5.32 Å². The molecular formula is C34H65NO8. The van der Waals surface area contributed by atoms with Crippen LogP contribution >= 0.6 is 0 Å². The van der Waals surface area contributed by atoms with Crippen molar-refractivity contribution >= 4 is 5.91 Å². The molecule has 0 aromatic carbocycles. The number of aliphatic hydroxyl groups is 5. The molecule has 1 heterocycles. The third-order valence-electron chi connectivity index (χ3n) is 8.36. The number of allylic oxidation sites excluding steroid dienone is 1. The Labute approximate surface area is 261 Å². The summed E-state index contributed by atoms with van der Waals surface area (Å²) in [6.07, 6.45) is 18.4. The van der Waals surface area contributed by atoms with Crippen LogP contribution in [-0.4, -0.2) is 87.5 Å². The van der Waals surface area contributed by atoms with Crippen molar-refractivity contribution in [3.8, 4) is 0 Å². The van der Waals surface area contributed by atoms with E-state index in [0.29, 0.717) is 6.42 Å². The minimum absolute atomic E-state index is 0.185. The molecule has 0 aromatic rings. The zero-order valence-electron chi connectivity index (χ0n) is 27.2. The molecule has 1 rings (SSSR count). The molecule has 0 saturated carbocycles. The van der Waals surface area contributed by atoms with E-state index in [4.69, 9.17) is 9.47 Å². The molecule has 1 fully saturated rings. The predicted octanol–water partition coefficient (Wildman–Crippen LogP) is 5.05. The lowest BCUT2D eigenvalue weighted by atomic mass is 9.99. The van der Waals surface area contributed by atoms with Crippen molar-refractivity contribution in [3.63, 3.8) is 0 Å². The number of amides is 1. The number of rotatable bonds is 27. The first kappa shape index (κ1) is 40.0. The fourth-order valence-electron chi connectivity index (χ4n) is 5.45. The molecule has 0 spiro atoms. The van der Waals surface area contributed by atoms with E-state index < -0.39 is 49.5 Å². The van der Waals surface area contributed by atoms with Gasteiger partial charge in [0.2, 0.25) is 5.91 Å². The van der Waals surface area contributed by atoms with Crippen LogP contribution in [0.15, 0.2) is 12.2 Å². The van der Waals surface area contributed by atoms with Crippen molar-refractivity contribution in [2.75, 3.05) is 13.2 Å². The fraction of sp³-hybridized carbons (Fsp3) is 0.912. The van der Waals surface area contributed by atoms with Crippen LogP contribution in [0.4, 0.5) is 0 Å². The van der Waals surface area contributed by atoms with E-state index in [-0.39, 0.29) is 12.5 Å². The zero-order chi connectivity index (χ0) is 31.7. The normalized spacial score (nSPS) is 23.9. The third-order valence-corrected chi connectivity index (χ3v) is 8.36. The highest BCUT2D eigenvalue weighted by molar-refractivity contribution is 5.76. The van der Waals surface area contributed by atoms with Crippen molar-refractivity contribution in [1.29, 1.82) is 0 Å². The summed E-state index contributed by atoms with van der Waals surface area (Å²) in [7, 11) is 0. The lowest BCUT2D eigenvalue weighted by molar-refractivity contribution is -0.302. The molecule has 9 heteroatoms. The minimum Gasteiger partial charge on any atom is -0.394 e. The van der Waals surface area contributed by atoms with Crippen LogP contribution in [0, 0.1) is 0 Å². The van der Waals surface area contributed by atoms with E-state index in [0.717, 1.165) is 38.5 Å². The van der Waals surface area contributed by atoms with Crippen molar-refractivity contribution in [2.24, 2.45) is 0 Å². The summed E-state index contributed by atoms with van der Waals surface area (Å²) in [5.41, 5.74) is 0. The van der Waals surface area contributed by atoms with E-state index >= 15 is 0 Å². The molecule has 1 aliphatic heterocycles. The standard InChI is InChI=1S/C34H65NO8/c1-3-5-7-9-11-12-13-14-15-16-18-19-21-23-28(37)27(35-30(38)24-22-20-17-10-8-6-4-2)26-42-34-33(41)32(40)31(39)29(25-36)43-34/h21,23,27-29,31-34,36-37,39-41H,3-20,22,24-26H2,1-2H3,(H,35,38)/b23-21+/t27-,28+,29+,31-,32?,33?,34+/m0/s1. The SMILES string of the molecule is CCCCCCCCCCCCC/C=C/[C@@H](O)[C@H](CO[C@@H]1O[C@H](CO)[C@H](O)C(O)C1O)NC(=O)CCCCCCCCC. The molecule has 7 atom stereocenters. The molecule has 0 aliphatic carbocycles. The topological polar surface area (TPSA) is 149 Å². The second-order valence-electron chi connectivity index (χ2n) is 12.3. The van der Waals surface area contributed by atoms with Gasteiger partial charge in [-0.1, -0.05) is 129 Å². The predicted molar refractivity (Wildman–Crippen MR) is 170 cm³/mol. The largest absolute Gasteiger partial charge is 0.394 e. The summed E-state index contributed by atoms with van der Waals surface area (Å²) in [6.45, 7) is 3.68. The van der Waals surface area contributed by atoms with Gasteiger partial charge >= 0.3 is 0 Å². The number of carbonyl (C=O) groups is 1. The van der Waals surface area contributed by atoms with Crippen molar-refractivity contribution in [1.82, 2.24) is 5.32 Å². The number of hydrogen-bond donors (Lipinski definition) is 6. The van der Waals surface area contributed by atoms with Crippen LogP contribution in [0.1, 0.15) is 142 Å². The van der Waals surface area contributed by atoms with Crippen molar-refractivity contribution in [2.45, 2.75) is 185 Å². The van der Waals surface area contributed by atoms with Gasteiger partial charge in [-0.25, -0.2) is 0 Å². The minimum atomic E-state index is -1.56. The van der Waals surface area contributed by atoms with E-state index in [2.05, 4.69) is 19.2 Å². The Morgan fingerprint density at radius 2 is 1.28 bits per heavy atom. The van der Waals surface area contributed by atoms with Gasteiger partial charge in [-0.2, -0.15) is 0 Å². The first-order chi connectivity index (χ1) is 20.8. The monoisotopic (exact) mass is 615 g/mol. The lowest BCUT2D eigenvalue weighted by Gasteiger charge is -2.40. The molecule has 9 nitrogen and oxygen atoms in total. The Morgan fingerprint density at radius 1 is 0.767 bits per heavy atom. The Balaban J connectivity index is 2.50. The van der Waals surface area contributed by atoms with Crippen LogP contribution in [0.5, 0.6) is 0 Å². The summed E-state index contributed by atoms with van der Waals surface area (Å²) < 4.78 is 11.1. The average Bonchev–Trinajstić information content (AvgIpc) is 3.00. The molecule has 0 bridgehead atoms. The van der Waals surface area contributed by atoms with E-state index in [9.17, 15) is 30.3 Å². The number of aliphatic hydroxyl groups excluding tert-OH is 5. The Bertz CT molecular complexity index is 691. The van der Waals surface area contributed by atoms with Crippen LogP contribution in [-0.2, 0) is 14.3 Å². The summed E-state index contributed by atoms with van der Waals surface area (Å²) in [5, 5.41) is 53.6. The van der Waals surface area contributed by atoms with Gasteiger partial charge in [-0.15, -0.1) is 0 Å². The smallest absolute Gasteiger partial charge is 0.220 e. The van der Waals surface area contributed by atoms with E-state index in [1.165, 1.54) is 83.5 Å².